The molecule has 4 rings (SSSR count). The minimum Gasteiger partial charge on any atom is -0.337 e. The summed E-state index contributed by atoms with van der Waals surface area (Å²) in [5, 5.41) is 17.6. The smallest absolute Gasteiger partial charge is 0.324 e. The zero-order chi connectivity index (χ0) is 20.4. The monoisotopic (exact) mass is 424 g/mol. The lowest BCUT2D eigenvalue weighted by molar-refractivity contribution is -0.380. The van der Waals surface area contributed by atoms with Crippen LogP contribution in [-0.2, 0) is 6.54 Å². The molecule has 0 aliphatic carbocycles. The van der Waals surface area contributed by atoms with Crippen molar-refractivity contribution in [3.8, 4) is 16.3 Å². The maximum atomic E-state index is 12.7. The Morgan fingerprint density at radius 1 is 1.17 bits per heavy atom. The summed E-state index contributed by atoms with van der Waals surface area (Å²) in [4.78, 5) is 26.1. The second-order valence-corrected chi connectivity index (χ2v) is 8.33. The predicted molar refractivity (Wildman–Crippen MR) is 114 cm³/mol. The van der Waals surface area contributed by atoms with Crippen molar-refractivity contribution in [2.75, 3.05) is 7.05 Å². The van der Waals surface area contributed by atoms with Gasteiger partial charge in [0.2, 0.25) is 0 Å². The largest absolute Gasteiger partial charge is 0.337 e. The Balaban J connectivity index is 1.63. The van der Waals surface area contributed by atoms with E-state index in [9.17, 15) is 14.9 Å². The molecule has 3 aromatic heterocycles. The summed E-state index contributed by atoms with van der Waals surface area (Å²) in [7, 11) is 1.69. The minimum atomic E-state index is -0.486. The number of para-hydroxylation sites is 1. The van der Waals surface area contributed by atoms with Crippen LogP contribution in [0.2, 0.25) is 0 Å². The molecule has 0 saturated carbocycles. The summed E-state index contributed by atoms with van der Waals surface area (Å²) < 4.78 is 1.80. The first kappa shape index (κ1) is 19.0. The van der Waals surface area contributed by atoms with Gasteiger partial charge in [0.1, 0.15) is 5.69 Å². The molecule has 9 heteroatoms. The zero-order valence-electron chi connectivity index (χ0n) is 15.4. The third kappa shape index (κ3) is 3.96. The van der Waals surface area contributed by atoms with Gasteiger partial charge in [0.25, 0.3) is 5.91 Å². The minimum absolute atomic E-state index is 0.0436. The molecule has 0 spiro atoms. The van der Waals surface area contributed by atoms with Crippen LogP contribution in [0, 0.1) is 10.1 Å². The van der Waals surface area contributed by atoms with E-state index in [0.717, 1.165) is 33.2 Å². The third-order valence-electron chi connectivity index (χ3n) is 4.30. The van der Waals surface area contributed by atoms with Crippen LogP contribution in [0.5, 0.6) is 0 Å². The molecule has 0 atom stereocenters. The number of carbonyl (C=O) groups is 1. The van der Waals surface area contributed by atoms with Crippen LogP contribution >= 0.6 is 22.7 Å². The molecule has 7 nitrogen and oxygen atoms in total. The van der Waals surface area contributed by atoms with Crippen LogP contribution in [0.1, 0.15) is 15.2 Å². The summed E-state index contributed by atoms with van der Waals surface area (Å²) in [6, 6.07) is 16.6. The molecule has 0 aliphatic heterocycles. The number of hydrogen-bond acceptors (Lipinski definition) is 6. The summed E-state index contributed by atoms with van der Waals surface area (Å²) in [6.45, 7) is 0.338. The van der Waals surface area contributed by atoms with Crippen molar-refractivity contribution < 1.29 is 9.72 Å². The summed E-state index contributed by atoms with van der Waals surface area (Å²) >= 11 is 2.47. The standard InChI is InChI=1S/C20H16N4O3S2/c1-22(20(25)17-9-10-18(29-17)24(26)27)12-14-13-23(15-6-3-2-4-7-15)21-19(14)16-8-5-11-28-16/h2-11,13H,12H2,1H3. The quantitative estimate of drug-likeness (QED) is 0.327. The number of nitro groups is 1. The summed E-state index contributed by atoms with van der Waals surface area (Å²) in [5.41, 5.74) is 2.65. The van der Waals surface area contributed by atoms with E-state index in [1.807, 2.05) is 54.0 Å². The molecule has 3 heterocycles. The van der Waals surface area contributed by atoms with Gasteiger partial charge in [0, 0.05) is 31.4 Å². The lowest BCUT2D eigenvalue weighted by Crippen LogP contribution is -2.25. The molecule has 0 bridgehead atoms. The summed E-state index contributed by atoms with van der Waals surface area (Å²) in [5.74, 6) is -0.257. The first-order valence-corrected chi connectivity index (χ1v) is 10.4. The van der Waals surface area contributed by atoms with E-state index in [4.69, 9.17) is 5.10 Å². The van der Waals surface area contributed by atoms with E-state index in [0.29, 0.717) is 11.4 Å². The molecular weight excluding hydrogens is 408 g/mol. The molecule has 0 aliphatic rings. The normalized spacial score (nSPS) is 10.8. The second-order valence-electron chi connectivity index (χ2n) is 6.32. The van der Waals surface area contributed by atoms with E-state index in [1.54, 1.807) is 28.0 Å². The van der Waals surface area contributed by atoms with Gasteiger partial charge in [-0.3, -0.25) is 14.9 Å². The van der Waals surface area contributed by atoms with Gasteiger partial charge in [-0.2, -0.15) is 5.10 Å². The van der Waals surface area contributed by atoms with Gasteiger partial charge in [-0.1, -0.05) is 35.6 Å². The SMILES string of the molecule is CN(Cc1cn(-c2ccccc2)nc1-c1cccs1)C(=O)c1ccc([N+](=O)[O-])s1. The Morgan fingerprint density at radius 2 is 1.97 bits per heavy atom. The number of nitrogens with zero attached hydrogens (tertiary/aromatic N) is 4. The molecule has 146 valence electrons. The molecule has 4 aromatic rings. The number of amides is 1. The molecule has 1 aromatic carbocycles. The molecule has 0 fully saturated rings. The fourth-order valence-corrected chi connectivity index (χ4v) is 4.47. The average molecular weight is 425 g/mol. The molecule has 0 radical (unpaired) electrons. The van der Waals surface area contributed by atoms with Crippen molar-refractivity contribution in [2.45, 2.75) is 6.54 Å². The van der Waals surface area contributed by atoms with E-state index in [2.05, 4.69) is 0 Å². The van der Waals surface area contributed by atoms with Crippen LogP contribution in [0.25, 0.3) is 16.3 Å². The van der Waals surface area contributed by atoms with Crippen LogP contribution in [0.15, 0.2) is 66.2 Å². The number of thiophene rings is 2. The Bertz CT molecular complexity index is 1150. The summed E-state index contributed by atoms with van der Waals surface area (Å²) in [6.07, 6.45) is 1.92. The van der Waals surface area contributed by atoms with Crippen molar-refractivity contribution >= 4 is 33.6 Å². The van der Waals surface area contributed by atoms with Gasteiger partial charge in [0.15, 0.2) is 0 Å². The number of rotatable bonds is 6. The third-order valence-corrected chi connectivity index (χ3v) is 6.20. The van der Waals surface area contributed by atoms with Crippen LogP contribution in [0.4, 0.5) is 5.00 Å². The lowest BCUT2D eigenvalue weighted by atomic mass is 10.2. The van der Waals surface area contributed by atoms with E-state index in [-0.39, 0.29) is 10.9 Å². The highest BCUT2D eigenvalue weighted by Gasteiger charge is 2.21. The number of hydrogen-bond donors (Lipinski definition) is 0. The van der Waals surface area contributed by atoms with E-state index in [1.165, 1.54) is 12.1 Å². The molecule has 0 N–H and O–H groups in total. The first-order chi connectivity index (χ1) is 14.0. The fraction of sp³-hybridized carbons (Fsp3) is 0.100. The van der Waals surface area contributed by atoms with Crippen molar-refractivity contribution in [3.05, 3.63) is 86.7 Å². The van der Waals surface area contributed by atoms with E-state index < -0.39 is 4.92 Å². The Kier molecular flexibility index (Phi) is 5.24. The van der Waals surface area contributed by atoms with Gasteiger partial charge in [-0.05, 0) is 29.6 Å². The van der Waals surface area contributed by atoms with Crippen LogP contribution in [0.3, 0.4) is 0 Å². The molecule has 29 heavy (non-hydrogen) atoms. The molecule has 0 unspecified atom stereocenters. The maximum Gasteiger partial charge on any atom is 0.324 e. The highest BCUT2D eigenvalue weighted by Crippen LogP contribution is 2.30. The molecular formula is C20H16N4O3S2. The average Bonchev–Trinajstić information content (AvgIpc) is 3.48. The fourth-order valence-electron chi connectivity index (χ4n) is 2.92. The maximum absolute atomic E-state index is 12.7. The molecule has 1 amide bonds. The zero-order valence-corrected chi connectivity index (χ0v) is 17.0. The van der Waals surface area contributed by atoms with Gasteiger partial charge in [-0.25, -0.2) is 4.68 Å². The van der Waals surface area contributed by atoms with Crippen LogP contribution < -0.4 is 0 Å². The first-order valence-electron chi connectivity index (χ1n) is 8.70. The van der Waals surface area contributed by atoms with Gasteiger partial charge < -0.3 is 4.90 Å². The van der Waals surface area contributed by atoms with Crippen molar-refractivity contribution in [1.82, 2.24) is 14.7 Å². The van der Waals surface area contributed by atoms with Gasteiger partial charge in [0.05, 0.1) is 20.4 Å². The predicted octanol–water partition coefficient (Wildman–Crippen LogP) is 4.84. The van der Waals surface area contributed by atoms with Crippen molar-refractivity contribution in [3.63, 3.8) is 0 Å². The number of carbonyl (C=O) groups excluding carboxylic acids is 1. The Morgan fingerprint density at radius 3 is 2.62 bits per heavy atom. The Labute approximate surface area is 174 Å². The van der Waals surface area contributed by atoms with E-state index >= 15 is 0 Å². The highest BCUT2D eigenvalue weighted by molar-refractivity contribution is 7.17. The lowest BCUT2D eigenvalue weighted by Gasteiger charge is -2.15. The van der Waals surface area contributed by atoms with Crippen LogP contribution in [-0.4, -0.2) is 32.6 Å². The topological polar surface area (TPSA) is 81.3 Å². The van der Waals surface area contributed by atoms with Gasteiger partial charge >= 0.3 is 5.00 Å². The van der Waals surface area contributed by atoms with Crippen molar-refractivity contribution in [1.29, 1.82) is 0 Å². The number of aromatic nitrogens is 2. The highest BCUT2D eigenvalue weighted by atomic mass is 32.1. The second kappa shape index (κ2) is 7.98. The Hall–Kier alpha value is -3.30. The van der Waals surface area contributed by atoms with Crippen molar-refractivity contribution in [2.24, 2.45) is 0 Å². The number of benzene rings is 1. The van der Waals surface area contributed by atoms with Gasteiger partial charge in [-0.15, -0.1) is 11.3 Å². The molecule has 0 saturated heterocycles.